The number of hydrogen-bond donors (Lipinski definition) is 2. The van der Waals surface area contributed by atoms with Gasteiger partial charge in [0.1, 0.15) is 0 Å². The predicted octanol–water partition coefficient (Wildman–Crippen LogP) is 2.17. The van der Waals surface area contributed by atoms with Crippen LogP contribution in [-0.2, 0) is 0 Å². The van der Waals surface area contributed by atoms with Gasteiger partial charge in [0.25, 0.3) is 0 Å². The number of nitrogens with one attached hydrogen (secondary N) is 1. The van der Waals surface area contributed by atoms with E-state index in [2.05, 4.69) is 10.1 Å². The summed E-state index contributed by atoms with van der Waals surface area (Å²) in [4.78, 5) is 0. The van der Waals surface area contributed by atoms with E-state index in [-0.39, 0.29) is 11.4 Å². The van der Waals surface area contributed by atoms with Gasteiger partial charge in [0.05, 0.1) is 7.11 Å². The van der Waals surface area contributed by atoms with Crippen LogP contribution in [0.2, 0.25) is 0 Å². The number of aliphatic hydroxyl groups is 1. The molecule has 0 radical (unpaired) electrons. The first-order valence-corrected chi connectivity index (χ1v) is 4.67. The zero-order valence-corrected chi connectivity index (χ0v) is 8.88. The smallest absolute Gasteiger partial charge is 0.416 e. The number of halogens is 4. The van der Waals surface area contributed by atoms with Gasteiger partial charge in [-0.05, 0) is 12.1 Å². The summed E-state index contributed by atoms with van der Waals surface area (Å²) >= 11 is 0. The highest BCUT2D eigenvalue weighted by atomic mass is 19.4. The van der Waals surface area contributed by atoms with E-state index in [9.17, 15) is 17.6 Å². The van der Waals surface area contributed by atoms with Crippen LogP contribution in [0.25, 0.3) is 0 Å². The molecule has 7 heteroatoms. The van der Waals surface area contributed by atoms with Gasteiger partial charge in [-0.1, -0.05) is 0 Å². The Bertz CT molecular complexity index is 381. The van der Waals surface area contributed by atoms with Crippen LogP contribution in [0.1, 0.15) is 0 Å². The van der Waals surface area contributed by atoms with Crippen LogP contribution >= 0.6 is 0 Å². The fourth-order valence-corrected chi connectivity index (χ4v) is 1.11. The molecule has 3 nitrogen and oxygen atoms in total. The monoisotopic (exact) mass is 253 g/mol. The summed E-state index contributed by atoms with van der Waals surface area (Å²) in [5, 5.41) is 11.0. The Kier molecular flexibility index (Phi) is 4.17. The Morgan fingerprint density at radius 2 is 2.06 bits per heavy atom. The molecule has 0 spiro atoms. The van der Waals surface area contributed by atoms with Crippen molar-refractivity contribution in [1.82, 2.24) is 0 Å². The van der Waals surface area contributed by atoms with Crippen LogP contribution in [0.15, 0.2) is 18.2 Å². The van der Waals surface area contributed by atoms with E-state index in [0.717, 1.165) is 6.07 Å². The SMILES string of the molecule is COc1ccc(NCC(O)C(F)(F)F)cc1F. The summed E-state index contributed by atoms with van der Waals surface area (Å²) in [6.45, 7) is -0.741. The van der Waals surface area contributed by atoms with Crippen molar-refractivity contribution in [1.29, 1.82) is 0 Å². The normalized spacial score (nSPS) is 13.3. The molecule has 0 bridgehead atoms. The fourth-order valence-electron chi connectivity index (χ4n) is 1.11. The predicted molar refractivity (Wildman–Crippen MR) is 53.5 cm³/mol. The molecule has 2 N–H and O–H groups in total. The number of methoxy groups -OCH3 is 1. The van der Waals surface area contributed by atoms with Gasteiger partial charge in [-0.25, -0.2) is 4.39 Å². The highest BCUT2D eigenvalue weighted by molar-refractivity contribution is 5.47. The van der Waals surface area contributed by atoms with Gasteiger partial charge in [-0.2, -0.15) is 13.2 Å². The molecule has 1 aromatic rings. The molecule has 0 aromatic heterocycles. The van der Waals surface area contributed by atoms with Crippen LogP contribution in [0.3, 0.4) is 0 Å². The summed E-state index contributed by atoms with van der Waals surface area (Å²) in [6, 6.07) is 3.62. The molecule has 0 saturated heterocycles. The van der Waals surface area contributed by atoms with Gasteiger partial charge < -0.3 is 15.2 Å². The van der Waals surface area contributed by atoms with Crippen molar-refractivity contribution in [2.75, 3.05) is 19.0 Å². The number of hydrogen-bond acceptors (Lipinski definition) is 3. The summed E-state index contributed by atoms with van der Waals surface area (Å²) in [5.41, 5.74) is 0.131. The second-order valence-electron chi connectivity index (χ2n) is 3.29. The number of alkyl halides is 3. The summed E-state index contributed by atoms with van der Waals surface area (Å²) in [6.07, 6.45) is -7.19. The lowest BCUT2D eigenvalue weighted by Crippen LogP contribution is -2.35. The van der Waals surface area contributed by atoms with E-state index in [1.165, 1.54) is 19.2 Å². The van der Waals surface area contributed by atoms with E-state index in [1.807, 2.05) is 0 Å². The number of rotatable bonds is 4. The molecule has 1 atom stereocenters. The van der Waals surface area contributed by atoms with Crippen molar-refractivity contribution in [2.45, 2.75) is 12.3 Å². The highest BCUT2D eigenvalue weighted by Crippen LogP contribution is 2.23. The van der Waals surface area contributed by atoms with Gasteiger partial charge in [0.2, 0.25) is 0 Å². The largest absolute Gasteiger partial charge is 0.494 e. The Morgan fingerprint density at radius 3 is 2.53 bits per heavy atom. The van der Waals surface area contributed by atoms with Gasteiger partial charge in [-0.3, -0.25) is 0 Å². The fraction of sp³-hybridized carbons (Fsp3) is 0.400. The van der Waals surface area contributed by atoms with Crippen molar-refractivity contribution >= 4 is 5.69 Å². The minimum Gasteiger partial charge on any atom is -0.494 e. The average molecular weight is 253 g/mol. The third-order valence-corrected chi connectivity index (χ3v) is 2.03. The molecule has 0 saturated carbocycles. The first-order valence-electron chi connectivity index (χ1n) is 4.67. The van der Waals surface area contributed by atoms with Crippen molar-refractivity contribution in [3.63, 3.8) is 0 Å². The van der Waals surface area contributed by atoms with Gasteiger partial charge in [0, 0.05) is 18.3 Å². The van der Waals surface area contributed by atoms with Crippen molar-refractivity contribution in [3.8, 4) is 5.75 Å². The van der Waals surface area contributed by atoms with E-state index in [4.69, 9.17) is 5.11 Å². The zero-order valence-electron chi connectivity index (χ0n) is 8.88. The second kappa shape index (κ2) is 5.22. The standard InChI is InChI=1S/C10H11F4NO2/c1-17-8-3-2-6(4-7(8)11)15-5-9(16)10(12,13)14/h2-4,9,15-16H,5H2,1H3. The molecule has 17 heavy (non-hydrogen) atoms. The van der Waals surface area contributed by atoms with E-state index >= 15 is 0 Å². The number of aliphatic hydroxyl groups excluding tert-OH is 1. The van der Waals surface area contributed by atoms with Crippen LogP contribution in [0.4, 0.5) is 23.2 Å². The Morgan fingerprint density at radius 1 is 1.41 bits per heavy atom. The molecule has 96 valence electrons. The Hall–Kier alpha value is -1.50. The molecule has 0 aliphatic heterocycles. The summed E-state index contributed by atoms with van der Waals surface area (Å²) in [7, 11) is 1.28. The van der Waals surface area contributed by atoms with E-state index < -0.39 is 24.6 Å². The van der Waals surface area contributed by atoms with Crippen molar-refractivity contribution in [3.05, 3.63) is 24.0 Å². The van der Waals surface area contributed by atoms with Crippen molar-refractivity contribution in [2.24, 2.45) is 0 Å². The Balaban J connectivity index is 2.61. The molecular formula is C10H11F4NO2. The van der Waals surface area contributed by atoms with Crippen LogP contribution in [0.5, 0.6) is 5.75 Å². The van der Waals surface area contributed by atoms with Gasteiger partial charge in [0.15, 0.2) is 17.7 Å². The quantitative estimate of drug-likeness (QED) is 0.808. The summed E-state index contributed by atoms with van der Waals surface area (Å²) < 4.78 is 53.7. The van der Waals surface area contributed by atoms with Crippen LogP contribution < -0.4 is 10.1 Å². The Labute approximate surface area is 95.0 Å². The van der Waals surface area contributed by atoms with Crippen LogP contribution in [-0.4, -0.2) is 31.0 Å². The first-order chi connectivity index (χ1) is 7.84. The maximum atomic E-state index is 13.2. The average Bonchev–Trinajstić information content (AvgIpc) is 2.24. The van der Waals surface area contributed by atoms with Crippen molar-refractivity contribution < 1.29 is 27.4 Å². The van der Waals surface area contributed by atoms with Crippen LogP contribution in [0, 0.1) is 5.82 Å². The molecule has 0 aliphatic rings. The molecule has 0 amide bonds. The summed E-state index contributed by atoms with van der Waals surface area (Å²) in [5.74, 6) is -0.703. The molecule has 1 unspecified atom stereocenters. The molecular weight excluding hydrogens is 242 g/mol. The molecule has 1 rings (SSSR count). The maximum absolute atomic E-state index is 13.2. The third kappa shape index (κ3) is 3.77. The lowest BCUT2D eigenvalue weighted by molar-refractivity contribution is -0.198. The first kappa shape index (κ1) is 13.6. The molecule has 1 aromatic carbocycles. The zero-order chi connectivity index (χ0) is 13.1. The molecule has 0 aliphatic carbocycles. The number of ether oxygens (including phenoxy) is 1. The van der Waals surface area contributed by atoms with E-state index in [0.29, 0.717) is 0 Å². The minimum atomic E-state index is -4.70. The number of anilines is 1. The van der Waals surface area contributed by atoms with Gasteiger partial charge >= 0.3 is 6.18 Å². The second-order valence-corrected chi connectivity index (χ2v) is 3.29. The molecule has 0 heterocycles. The number of benzene rings is 1. The molecule has 0 fully saturated rings. The topological polar surface area (TPSA) is 41.5 Å². The lowest BCUT2D eigenvalue weighted by Gasteiger charge is -2.16. The van der Waals surface area contributed by atoms with E-state index in [1.54, 1.807) is 0 Å². The highest BCUT2D eigenvalue weighted by Gasteiger charge is 2.37. The van der Waals surface area contributed by atoms with Gasteiger partial charge in [-0.15, -0.1) is 0 Å². The maximum Gasteiger partial charge on any atom is 0.416 e. The lowest BCUT2D eigenvalue weighted by atomic mass is 10.2. The minimum absolute atomic E-state index is 0.00748. The third-order valence-electron chi connectivity index (χ3n) is 2.03.